The summed E-state index contributed by atoms with van der Waals surface area (Å²) in [7, 11) is 0. The van der Waals surface area contributed by atoms with Crippen LogP contribution in [0.3, 0.4) is 0 Å². The highest BCUT2D eigenvalue weighted by atomic mass is 16.3. The van der Waals surface area contributed by atoms with Gasteiger partial charge in [-0.2, -0.15) is 0 Å². The Morgan fingerprint density at radius 3 is 2.67 bits per heavy atom. The van der Waals surface area contributed by atoms with Gasteiger partial charge in [0, 0.05) is 18.4 Å². The molecule has 0 spiro atoms. The molecule has 0 radical (unpaired) electrons. The highest BCUT2D eigenvalue weighted by Crippen LogP contribution is 2.11. The topological polar surface area (TPSA) is 88.2 Å². The summed E-state index contributed by atoms with van der Waals surface area (Å²) in [6.07, 6.45) is 3.63. The molecule has 1 amide bonds. The van der Waals surface area contributed by atoms with Gasteiger partial charge in [0.15, 0.2) is 0 Å². The van der Waals surface area contributed by atoms with Crippen LogP contribution in [0.15, 0.2) is 24.5 Å². The summed E-state index contributed by atoms with van der Waals surface area (Å²) in [5, 5.41) is 12.5. The fraction of sp³-hybridized carbons (Fsp3) is 0.538. The van der Waals surface area contributed by atoms with Crippen LogP contribution in [0.5, 0.6) is 0 Å². The second-order valence-corrected chi connectivity index (χ2v) is 4.41. The highest BCUT2D eigenvalue weighted by Gasteiger charge is 2.23. The molecule has 0 aliphatic carbocycles. The number of aliphatic hydroxyl groups is 1. The second kappa shape index (κ2) is 7.08. The molecule has 0 aliphatic heterocycles. The largest absolute Gasteiger partial charge is 0.382 e. The lowest BCUT2D eigenvalue weighted by Crippen LogP contribution is -2.46. The zero-order valence-electron chi connectivity index (χ0n) is 10.8. The molecule has 1 heterocycles. The van der Waals surface area contributed by atoms with Crippen molar-refractivity contribution in [1.82, 2.24) is 10.3 Å². The zero-order chi connectivity index (χ0) is 13.5. The van der Waals surface area contributed by atoms with E-state index in [0.29, 0.717) is 6.42 Å². The van der Waals surface area contributed by atoms with E-state index in [9.17, 15) is 9.90 Å². The van der Waals surface area contributed by atoms with Gasteiger partial charge in [-0.25, -0.2) is 0 Å². The lowest BCUT2D eigenvalue weighted by molar-refractivity contribution is -0.131. The van der Waals surface area contributed by atoms with E-state index in [1.807, 2.05) is 26.0 Å². The Kier molecular flexibility index (Phi) is 5.74. The summed E-state index contributed by atoms with van der Waals surface area (Å²) in [5.74, 6) is -0.430. The van der Waals surface area contributed by atoms with Crippen LogP contribution in [0.25, 0.3) is 0 Å². The Balaban J connectivity index is 2.54. The molecule has 0 fully saturated rings. The number of aromatic nitrogens is 1. The molecule has 100 valence electrons. The Morgan fingerprint density at radius 2 is 2.11 bits per heavy atom. The lowest BCUT2D eigenvalue weighted by Gasteiger charge is -2.21. The molecule has 0 saturated heterocycles. The predicted octanol–water partition coefficient (Wildman–Crippen LogP) is 0.747. The Bertz CT molecular complexity index is 370. The summed E-state index contributed by atoms with van der Waals surface area (Å²) in [6.45, 7) is 3.81. The third-order valence-electron chi connectivity index (χ3n) is 2.86. The molecule has 1 aromatic rings. The molecule has 1 aromatic heterocycles. The quantitative estimate of drug-likeness (QED) is 0.696. The van der Waals surface area contributed by atoms with E-state index in [1.54, 1.807) is 12.4 Å². The van der Waals surface area contributed by atoms with E-state index in [1.165, 1.54) is 0 Å². The SMILES string of the molecule is CCCC(N)[C@@H](O)C(=O)N[C@@H](C)c1ccncc1. The van der Waals surface area contributed by atoms with Crippen molar-refractivity contribution >= 4 is 5.91 Å². The molecule has 5 heteroatoms. The van der Waals surface area contributed by atoms with Crippen LogP contribution in [0, 0.1) is 0 Å². The van der Waals surface area contributed by atoms with Crippen molar-refractivity contribution in [2.24, 2.45) is 5.73 Å². The Morgan fingerprint density at radius 1 is 1.50 bits per heavy atom. The van der Waals surface area contributed by atoms with Gasteiger partial charge in [0.25, 0.3) is 5.91 Å². The lowest BCUT2D eigenvalue weighted by atomic mass is 10.1. The fourth-order valence-electron chi connectivity index (χ4n) is 1.72. The molecule has 0 aliphatic rings. The molecule has 0 bridgehead atoms. The first kappa shape index (κ1) is 14.6. The van der Waals surface area contributed by atoms with Crippen molar-refractivity contribution in [3.8, 4) is 0 Å². The number of carbonyl (C=O) groups excluding carboxylic acids is 1. The first-order valence-electron chi connectivity index (χ1n) is 6.20. The molecule has 0 saturated carbocycles. The van der Waals surface area contributed by atoms with Crippen LogP contribution >= 0.6 is 0 Å². The van der Waals surface area contributed by atoms with Gasteiger partial charge in [0.2, 0.25) is 0 Å². The molecule has 4 N–H and O–H groups in total. The summed E-state index contributed by atoms with van der Waals surface area (Å²) in [4.78, 5) is 15.7. The van der Waals surface area contributed by atoms with Crippen molar-refractivity contribution in [2.75, 3.05) is 0 Å². The second-order valence-electron chi connectivity index (χ2n) is 4.41. The number of nitrogens with zero attached hydrogens (tertiary/aromatic N) is 1. The minimum absolute atomic E-state index is 0.177. The van der Waals surface area contributed by atoms with Gasteiger partial charge in [-0.15, -0.1) is 0 Å². The highest BCUT2D eigenvalue weighted by molar-refractivity contribution is 5.81. The summed E-state index contributed by atoms with van der Waals surface area (Å²) in [5.41, 5.74) is 6.66. The van der Waals surface area contributed by atoms with Gasteiger partial charge in [-0.05, 0) is 31.0 Å². The standard InChI is InChI=1S/C13H21N3O2/c1-3-4-11(14)12(17)13(18)16-9(2)10-5-7-15-8-6-10/h5-9,11-12,17H,3-4,14H2,1-2H3,(H,16,18)/t9-,11?,12+/m0/s1. The van der Waals surface area contributed by atoms with Crippen molar-refractivity contribution < 1.29 is 9.90 Å². The van der Waals surface area contributed by atoms with E-state index in [-0.39, 0.29) is 6.04 Å². The van der Waals surface area contributed by atoms with E-state index >= 15 is 0 Å². The summed E-state index contributed by atoms with van der Waals surface area (Å²) in [6, 6.07) is 2.95. The van der Waals surface area contributed by atoms with Gasteiger partial charge in [-0.1, -0.05) is 13.3 Å². The van der Waals surface area contributed by atoms with Crippen LogP contribution in [-0.4, -0.2) is 28.1 Å². The van der Waals surface area contributed by atoms with Crippen LogP contribution in [0.1, 0.15) is 38.3 Å². The van der Waals surface area contributed by atoms with Crippen molar-refractivity contribution in [3.63, 3.8) is 0 Å². The van der Waals surface area contributed by atoms with Gasteiger partial charge in [0.1, 0.15) is 6.10 Å². The Labute approximate surface area is 107 Å². The molecular weight excluding hydrogens is 230 g/mol. The maximum atomic E-state index is 11.8. The number of nitrogens with two attached hydrogens (primary N) is 1. The molecule has 18 heavy (non-hydrogen) atoms. The summed E-state index contributed by atoms with van der Waals surface area (Å²) >= 11 is 0. The van der Waals surface area contributed by atoms with Crippen molar-refractivity contribution in [3.05, 3.63) is 30.1 Å². The monoisotopic (exact) mass is 251 g/mol. The molecular formula is C13H21N3O2. The Hall–Kier alpha value is -1.46. The number of amides is 1. The first-order chi connectivity index (χ1) is 8.56. The van der Waals surface area contributed by atoms with Gasteiger partial charge >= 0.3 is 0 Å². The predicted molar refractivity (Wildman–Crippen MR) is 69.7 cm³/mol. The van der Waals surface area contributed by atoms with E-state index in [4.69, 9.17) is 5.73 Å². The molecule has 1 unspecified atom stereocenters. The number of nitrogens with one attached hydrogen (secondary N) is 1. The van der Waals surface area contributed by atoms with Gasteiger partial charge < -0.3 is 16.2 Å². The van der Waals surface area contributed by atoms with Crippen molar-refractivity contribution in [1.29, 1.82) is 0 Å². The van der Waals surface area contributed by atoms with Gasteiger partial charge in [0.05, 0.1) is 6.04 Å². The van der Waals surface area contributed by atoms with Crippen LogP contribution in [0.2, 0.25) is 0 Å². The smallest absolute Gasteiger partial charge is 0.250 e. The number of pyridine rings is 1. The average molecular weight is 251 g/mol. The normalized spacial score (nSPS) is 15.8. The zero-order valence-corrected chi connectivity index (χ0v) is 10.8. The fourth-order valence-corrected chi connectivity index (χ4v) is 1.72. The van der Waals surface area contributed by atoms with Crippen LogP contribution < -0.4 is 11.1 Å². The van der Waals surface area contributed by atoms with Crippen LogP contribution in [0.4, 0.5) is 0 Å². The minimum atomic E-state index is -1.16. The van der Waals surface area contributed by atoms with Crippen molar-refractivity contribution in [2.45, 2.75) is 44.9 Å². The third kappa shape index (κ3) is 4.09. The van der Waals surface area contributed by atoms with E-state index < -0.39 is 18.1 Å². The molecule has 3 atom stereocenters. The number of hydrogen-bond acceptors (Lipinski definition) is 4. The minimum Gasteiger partial charge on any atom is -0.382 e. The maximum Gasteiger partial charge on any atom is 0.250 e. The van der Waals surface area contributed by atoms with E-state index in [0.717, 1.165) is 12.0 Å². The summed E-state index contributed by atoms with van der Waals surface area (Å²) < 4.78 is 0. The molecule has 5 nitrogen and oxygen atoms in total. The first-order valence-corrected chi connectivity index (χ1v) is 6.20. The van der Waals surface area contributed by atoms with Gasteiger partial charge in [-0.3, -0.25) is 9.78 Å². The number of hydrogen-bond donors (Lipinski definition) is 3. The average Bonchev–Trinajstić information content (AvgIpc) is 2.39. The van der Waals surface area contributed by atoms with E-state index in [2.05, 4.69) is 10.3 Å². The molecule has 1 rings (SSSR count). The number of aliphatic hydroxyl groups excluding tert-OH is 1. The van der Waals surface area contributed by atoms with Crippen LogP contribution in [-0.2, 0) is 4.79 Å². The number of carbonyl (C=O) groups is 1. The number of rotatable bonds is 6. The maximum absolute atomic E-state index is 11.8. The molecule has 0 aromatic carbocycles. The third-order valence-corrected chi connectivity index (χ3v) is 2.86.